The summed E-state index contributed by atoms with van der Waals surface area (Å²) in [6.07, 6.45) is -9.45. The van der Waals surface area contributed by atoms with Crippen molar-refractivity contribution in [3.05, 3.63) is 77.7 Å². The lowest BCUT2D eigenvalue weighted by Gasteiger charge is -2.25. The van der Waals surface area contributed by atoms with Crippen LogP contribution in [0, 0.1) is 11.3 Å². The Labute approximate surface area is 192 Å². The van der Waals surface area contributed by atoms with Crippen molar-refractivity contribution in [1.82, 2.24) is 10.2 Å². The molecule has 0 saturated heterocycles. The normalized spacial score (nSPS) is 12.3. The van der Waals surface area contributed by atoms with Crippen LogP contribution >= 0.6 is 0 Å². The minimum Gasteiger partial charge on any atom is -0.419 e. The summed E-state index contributed by atoms with van der Waals surface area (Å²) >= 11 is 0. The molecule has 0 aliphatic carbocycles. The van der Waals surface area contributed by atoms with Gasteiger partial charge in [-0.2, -0.15) is 40.4 Å². The minimum absolute atomic E-state index is 0.198. The predicted octanol–water partition coefficient (Wildman–Crippen LogP) is 6.47. The summed E-state index contributed by atoms with van der Waals surface area (Å²) in [6.45, 7) is 0.571. The zero-order valence-corrected chi connectivity index (χ0v) is 17.5. The van der Waals surface area contributed by atoms with E-state index >= 15 is 0 Å². The van der Waals surface area contributed by atoms with E-state index in [0.29, 0.717) is 17.0 Å². The van der Waals surface area contributed by atoms with Gasteiger partial charge in [0.1, 0.15) is 6.54 Å². The fourth-order valence-corrected chi connectivity index (χ4v) is 3.18. The highest BCUT2D eigenvalue weighted by Crippen LogP contribution is 2.37. The first-order valence-corrected chi connectivity index (χ1v) is 9.62. The van der Waals surface area contributed by atoms with Crippen molar-refractivity contribution in [2.75, 3.05) is 11.4 Å². The molecule has 0 saturated carbocycles. The van der Waals surface area contributed by atoms with Gasteiger partial charge in [0, 0.05) is 16.8 Å². The molecule has 0 amide bonds. The molecule has 0 aliphatic rings. The third kappa shape index (κ3) is 5.95. The van der Waals surface area contributed by atoms with Gasteiger partial charge in [0.15, 0.2) is 0 Å². The summed E-state index contributed by atoms with van der Waals surface area (Å²) in [6, 6.07) is 8.42. The molecule has 3 aromatic rings. The van der Waals surface area contributed by atoms with E-state index in [4.69, 9.17) is 9.68 Å². The number of benzene rings is 2. The zero-order chi connectivity index (χ0) is 26.0. The summed E-state index contributed by atoms with van der Waals surface area (Å²) < 4.78 is 113. The van der Waals surface area contributed by atoms with Crippen LogP contribution in [0.4, 0.5) is 40.8 Å². The van der Waals surface area contributed by atoms with E-state index in [2.05, 4.69) is 16.8 Å². The van der Waals surface area contributed by atoms with Crippen LogP contribution in [0.25, 0.3) is 11.5 Å². The van der Waals surface area contributed by atoms with Crippen molar-refractivity contribution >= 4 is 5.69 Å². The van der Waals surface area contributed by atoms with Gasteiger partial charge in [0.25, 0.3) is 5.92 Å². The number of alkyl halides is 8. The highest BCUT2D eigenvalue weighted by atomic mass is 19.4. The van der Waals surface area contributed by atoms with E-state index < -0.39 is 65.5 Å². The molecule has 2 aromatic carbocycles. The second-order valence-corrected chi connectivity index (χ2v) is 7.18. The van der Waals surface area contributed by atoms with Gasteiger partial charge >= 0.3 is 12.4 Å². The van der Waals surface area contributed by atoms with Crippen LogP contribution in [-0.2, 0) is 18.6 Å². The molecule has 1 aromatic heterocycles. The summed E-state index contributed by atoms with van der Waals surface area (Å²) in [7, 11) is 0. The first-order valence-electron chi connectivity index (χ1n) is 9.62. The van der Waals surface area contributed by atoms with Gasteiger partial charge in [0.05, 0.1) is 23.7 Å². The van der Waals surface area contributed by atoms with Gasteiger partial charge in [0.2, 0.25) is 11.8 Å². The van der Waals surface area contributed by atoms with E-state index in [0.717, 1.165) is 18.2 Å². The SMILES string of the molecule is C=CC(F)(F)c1ccccc1-c1nnc(CN(CC(F)(F)F)c2ccc(C#N)c(C(F)(F)F)c2)o1. The molecule has 0 aliphatic heterocycles. The number of rotatable bonds is 7. The standard InChI is InChI=1S/C22H14F8N4O/c1-2-20(23,24)16-6-4-3-5-15(16)19-33-32-18(35-19)11-34(12-21(25,26)27)14-8-7-13(10-31)17(9-14)22(28,29)30/h2-9H,1,11-12H2. The summed E-state index contributed by atoms with van der Waals surface area (Å²) in [5.41, 5.74) is -3.45. The lowest BCUT2D eigenvalue weighted by Crippen LogP contribution is -2.34. The van der Waals surface area contributed by atoms with E-state index in [1.165, 1.54) is 24.3 Å². The highest BCUT2D eigenvalue weighted by molar-refractivity contribution is 5.60. The number of halogens is 8. The smallest absolute Gasteiger partial charge is 0.417 e. The van der Waals surface area contributed by atoms with Crippen LogP contribution in [0.5, 0.6) is 0 Å². The average molecular weight is 502 g/mol. The van der Waals surface area contributed by atoms with Gasteiger partial charge in [-0.25, -0.2) is 0 Å². The van der Waals surface area contributed by atoms with Crippen LogP contribution in [-0.4, -0.2) is 22.9 Å². The maximum atomic E-state index is 14.2. The topological polar surface area (TPSA) is 66.0 Å². The molecule has 35 heavy (non-hydrogen) atoms. The Bertz CT molecular complexity index is 1260. The van der Waals surface area contributed by atoms with Gasteiger partial charge in [-0.05, 0) is 30.3 Å². The van der Waals surface area contributed by atoms with Crippen molar-refractivity contribution < 1.29 is 39.5 Å². The van der Waals surface area contributed by atoms with Crippen molar-refractivity contribution in [2.24, 2.45) is 0 Å². The fraction of sp³-hybridized carbons (Fsp3) is 0.227. The van der Waals surface area contributed by atoms with Crippen LogP contribution in [0.3, 0.4) is 0 Å². The Kier molecular flexibility index (Phi) is 6.86. The van der Waals surface area contributed by atoms with Crippen molar-refractivity contribution in [1.29, 1.82) is 5.26 Å². The number of nitriles is 1. The number of hydrogen-bond acceptors (Lipinski definition) is 5. The molecular formula is C22H14F8N4O. The summed E-state index contributed by atoms with van der Waals surface area (Å²) in [5.74, 6) is -4.39. The molecule has 0 unspecified atom stereocenters. The number of aromatic nitrogens is 2. The second-order valence-electron chi connectivity index (χ2n) is 7.18. The number of nitrogens with zero attached hydrogens (tertiary/aromatic N) is 4. The first-order chi connectivity index (χ1) is 16.2. The molecule has 3 rings (SSSR count). The van der Waals surface area contributed by atoms with E-state index in [-0.39, 0.29) is 5.56 Å². The van der Waals surface area contributed by atoms with Gasteiger partial charge in [-0.3, -0.25) is 0 Å². The maximum Gasteiger partial charge on any atom is 0.417 e. The van der Waals surface area contributed by atoms with E-state index in [9.17, 15) is 35.1 Å². The Hall–Kier alpha value is -3.95. The molecule has 0 bridgehead atoms. The Morgan fingerprint density at radius 2 is 1.66 bits per heavy atom. The third-order valence-electron chi connectivity index (χ3n) is 4.73. The molecule has 0 radical (unpaired) electrons. The first kappa shape index (κ1) is 25.7. The van der Waals surface area contributed by atoms with Gasteiger partial charge in [-0.1, -0.05) is 24.8 Å². The fourth-order valence-electron chi connectivity index (χ4n) is 3.18. The molecule has 13 heteroatoms. The lowest BCUT2D eigenvalue weighted by molar-refractivity contribution is -0.137. The molecule has 5 nitrogen and oxygen atoms in total. The van der Waals surface area contributed by atoms with E-state index in [1.807, 2.05) is 0 Å². The quantitative estimate of drug-likeness (QED) is 0.274. The van der Waals surface area contributed by atoms with Crippen LogP contribution in [0.1, 0.15) is 22.6 Å². The Morgan fingerprint density at radius 1 is 0.971 bits per heavy atom. The number of anilines is 1. The van der Waals surface area contributed by atoms with Crippen molar-refractivity contribution in [2.45, 2.75) is 24.8 Å². The summed E-state index contributed by atoms with van der Waals surface area (Å²) in [5, 5.41) is 16.1. The zero-order valence-electron chi connectivity index (χ0n) is 17.5. The highest BCUT2D eigenvalue weighted by Gasteiger charge is 2.37. The second kappa shape index (κ2) is 9.36. The third-order valence-corrected chi connectivity index (χ3v) is 4.73. The summed E-state index contributed by atoms with van der Waals surface area (Å²) in [4.78, 5) is 0.484. The molecule has 184 valence electrons. The van der Waals surface area contributed by atoms with Crippen molar-refractivity contribution in [3.63, 3.8) is 0 Å². The Morgan fingerprint density at radius 3 is 2.26 bits per heavy atom. The van der Waals surface area contributed by atoms with E-state index in [1.54, 1.807) is 0 Å². The largest absolute Gasteiger partial charge is 0.419 e. The van der Waals surface area contributed by atoms with Crippen LogP contribution in [0.2, 0.25) is 0 Å². The molecule has 0 spiro atoms. The maximum absolute atomic E-state index is 14.2. The van der Waals surface area contributed by atoms with Crippen molar-refractivity contribution in [3.8, 4) is 17.5 Å². The molecule has 0 N–H and O–H groups in total. The number of hydrogen-bond donors (Lipinski definition) is 0. The molecule has 0 atom stereocenters. The molecule has 0 fully saturated rings. The molecule has 1 heterocycles. The van der Waals surface area contributed by atoms with Crippen LogP contribution in [0.15, 0.2) is 59.5 Å². The van der Waals surface area contributed by atoms with Gasteiger partial charge < -0.3 is 9.32 Å². The predicted molar refractivity (Wildman–Crippen MR) is 107 cm³/mol. The lowest BCUT2D eigenvalue weighted by atomic mass is 10.0. The number of allylic oxidation sites excluding steroid dienone is 1. The minimum atomic E-state index is -5.00. The average Bonchev–Trinajstić information content (AvgIpc) is 3.25. The monoisotopic (exact) mass is 502 g/mol. The van der Waals surface area contributed by atoms with Gasteiger partial charge in [-0.15, -0.1) is 10.2 Å². The molecular weight excluding hydrogens is 488 g/mol. The van der Waals surface area contributed by atoms with Crippen LogP contribution < -0.4 is 4.90 Å². The Balaban J connectivity index is 2.00.